The molecular weight excluding hydrogens is 450 g/mol. The molecule has 4 aromatic heterocycles. The van der Waals surface area contributed by atoms with Crippen molar-refractivity contribution in [3.8, 4) is 0 Å². The summed E-state index contributed by atoms with van der Waals surface area (Å²) in [7, 11) is 0. The fraction of sp³-hybridized carbons (Fsp3) is 0.375. The highest BCUT2D eigenvalue weighted by Gasteiger charge is 2.33. The van der Waals surface area contributed by atoms with Crippen molar-refractivity contribution < 1.29 is 9.59 Å². The van der Waals surface area contributed by atoms with Gasteiger partial charge in [-0.25, -0.2) is 9.97 Å². The highest BCUT2D eigenvalue weighted by Crippen LogP contribution is 2.26. The topological polar surface area (TPSA) is 97.4 Å². The molecule has 0 saturated heterocycles. The third-order valence-corrected chi connectivity index (χ3v) is 7.52. The second kappa shape index (κ2) is 8.35. The van der Waals surface area contributed by atoms with Crippen LogP contribution in [0.5, 0.6) is 0 Å². The fourth-order valence-corrected chi connectivity index (χ4v) is 5.26. The first-order chi connectivity index (χ1) is 16.6. The zero-order chi connectivity index (χ0) is 23.2. The van der Waals surface area contributed by atoms with Crippen LogP contribution in [0, 0.1) is 6.92 Å². The summed E-state index contributed by atoms with van der Waals surface area (Å²) in [6.07, 6.45) is 7.13. The highest BCUT2D eigenvalue weighted by molar-refractivity contribution is 7.09. The Morgan fingerprint density at radius 3 is 2.91 bits per heavy atom. The predicted molar refractivity (Wildman–Crippen MR) is 127 cm³/mol. The van der Waals surface area contributed by atoms with E-state index in [0.717, 1.165) is 41.9 Å². The van der Waals surface area contributed by atoms with Gasteiger partial charge >= 0.3 is 0 Å². The Labute approximate surface area is 200 Å². The standard InChI is InChI=1S/C24H25N7O2S/c1-15-20(34-14-25-15)8-11-31-19-7-10-30(12-17(19)22(28-31)23(32)26-16-5-6-16)24(33)18-13-29-9-3-2-4-21(29)27-18/h2-4,9,13-14,16H,5-8,10-12H2,1H3,(H,26,32). The number of aromatic nitrogens is 5. The van der Waals surface area contributed by atoms with Gasteiger partial charge < -0.3 is 14.6 Å². The first kappa shape index (κ1) is 21.0. The molecule has 0 spiro atoms. The van der Waals surface area contributed by atoms with E-state index in [2.05, 4.69) is 15.3 Å². The number of rotatable bonds is 6. The van der Waals surface area contributed by atoms with Gasteiger partial charge in [0, 0.05) is 60.5 Å². The van der Waals surface area contributed by atoms with Crippen LogP contribution < -0.4 is 5.32 Å². The number of hydrogen-bond acceptors (Lipinski definition) is 6. The summed E-state index contributed by atoms with van der Waals surface area (Å²) in [6, 6.07) is 5.92. The average Bonchev–Trinajstić information content (AvgIpc) is 3.25. The van der Waals surface area contributed by atoms with Gasteiger partial charge in [0.15, 0.2) is 5.69 Å². The molecule has 6 rings (SSSR count). The molecule has 4 aromatic rings. The molecule has 2 amide bonds. The third-order valence-electron chi connectivity index (χ3n) is 6.53. The van der Waals surface area contributed by atoms with Crippen LogP contribution in [0.3, 0.4) is 0 Å². The molecule has 34 heavy (non-hydrogen) atoms. The first-order valence-electron chi connectivity index (χ1n) is 11.6. The molecule has 1 N–H and O–H groups in total. The van der Waals surface area contributed by atoms with E-state index in [1.807, 2.05) is 45.9 Å². The van der Waals surface area contributed by atoms with Gasteiger partial charge in [-0.2, -0.15) is 5.10 Å². The number of amides is 2. The Morgan fingerprint density at radius 2 is 2.15 bits per heavy atom. The quantitative estimate of drug-likeness (QED) is 0.462. The van der Waals surface area contributed by atoms with Crippen LogP contribution in [0.25, 0.3) is 5.65 Å². The van der Waals surface area contributed by atoms with Crippen molar-refractivity contribution in [1.82, 2.24) is 34.4 Å². The summed E-state index contributed by atoms with van der Waals surface area (Å²) in [5, 5.41) is 7.80. The summed E-state index contributed by atoms with van der Waals surface area (Å²) in [4.78, 5) is 38.1. The fourth-order valence-electron chi connectivity index (χ4n) is 4.49. The molecule has 9 nitrogen and oxygen atoms in total. The van der Waals surface area contributed by atoms with Crippen LogP contribution >= 0.6 is 11.3 Å². The molecule has 2 aliphatic rings. The number of nitrogens with one attached hydrogen (secondary N) is 1. The molecule has 1 aliphatic heterocycles. The van der Waals surface area contributed by atoms with Crippen LogP contribution in [0.15, 0.2) is 36.1 Å². The largest absolute Gasteiger partial charge is 0.348 e. The van der Waals surface area contributed by atoms with Gasteiger partial charge in [-0.3, -0.25) is 14.3 Å². The Balaban J connectivity index is 1.28. The van der Waals surface area contributed by atoms with Gasteiger partial charge in [0.1, 0.15) is 11.3 Å². The van der Waals surface area contributed by atoms with E-state index in [0.29, 0.717) is 37.4 Å². The number of thiazole rings is 1. The molecule has 0 unspecified atom stereocenters. The summed E-state index contributed by atoms with van der Waals surface area (Å²) in [5.74, 6) is -0.274. The Kier molecular flexibility index (Phi) is 5.17. The molecule has 0 radical (unpaired) electrons. The molecule has 0 bridgehead atoms. The van der Waals surface area contributed by atoms with E-state index < -0.39 is 0 Å². The molecule has 0 atom stereocenters. The molecule has 1 aliphatic carbocycles. The van der Waals surface area contributed by atoms with Gasteiger partial charge in [0.25, 0.3) is 11.8 Å². The smallest absolute Gasteiger partial charge is 0.274 e. The average molecular weight is 476 g/mol. The molecular formula is C24H25N7O2S. The summed E-state index contributed by atoms with van der Waals surface area (Å²) >= 11 is 1.65. The normalized spacial score (nSPS) is 15.5. The number of aryl methyl sites for hydroxylation is 3. The van der Waals surface area contributed by atoms with Crippen LogP contribution in [0.1, 0.15) is 55.6 Å². The molecule has 10 heteroatoms. The zero-order valence-corrected chi connectivity index (χ0v) is 19.7. The van der Waals surface area contributed by atoms with Gasteiger partial charge in [0.05, 0.1) is 17.7 Å². The van der Waals surface area contributed by atoms with Crippen LogP contribution in [0.4, 0.5) is 0 Å². The van der Waals surface area contributed by atoms with Gasteiger partial charge in [-0.1, -0.05) is 6.07 Å². The maximum Gasteiger partial charge on any atom is 0.274 e. The molecule has 1 saturated carbocycles. The van der Waals surface area contributed by atoms with Crippen molar-refractivity contribution in [3.63, 3.8) is 0 Å². The van der Waals surface area contributed by atoms with E-state index in [9.17, 15) is 9.59 Å². The summed E-state index contributed by atoms with van der Waals surface area (Å²) < 4.78 is 3.81. The first-order valence-corrected chi connectivity index (χ1v) is 12.5. The number of carbonyl (C=O) groups is 2. The molecule has 5 heterocycles. The van der Waals surface area contributed by atoms with Gasteiger partial charge in [0.2, 0.25) is 0 Å². The highest BCUT2D eigenvalue weighted by atomic mass is 32.1. The molecule has 1 fully saturated rings. The van der Waals surface area contributed by atoms with Gasteiger partial charge in [-0.15, -0.1) is 11.3 Å². The van der Waals surface area contributed by atoms with E-state index >= 15 is 0 Å². The number of imidazole rings is 1. The van der Waals surface area contributed by atoms with E-state index in [1.165, 1.54) is 4.88 Å². The molecule has 0 aromatic carbocycles. The lowest BCUT2D eigenvalue weighted by Gasteiger charge is -2.27. The van der Waals surface area contributed by atoms with E-state index in [-0.39, 0.29) is 17.9 Å². The van der Waals surface area contributed by atoms with Crippen molar-refractivity contribution in [3.05, 3.63) is 69.3 Å². The molecule has 174 valence electrons. The van der Waals surface area contributed by atoms with Gasteiger partial charge in [-0.05, 0) is 31.9 Å². The zero-order valence-electron chi connectivity index (χ0n) is 18.9. The Morgan fingerprint density at radius 1 is 1.26 bits per heavy atom. The Bertz CT molecular complexity index is 1360. The summed E-state index contributed by atoms with van der Waals surface area (Å²) in [5.41, 5.74) is 6.38. The minimum absolute atomic E-state index is 0.129. The van der Waals surface area contributed by atoms with Crippen LogP contribution in [0.2, 0.25) is 0 Å². The minimum atomic E-state index is -0.145. The van der Waals surface area contributed by atoms with Crippen molar-refractivity contribution in [2.24, 2.45) is 0 Å². The summed E-state index contributed by atoms with van der Waals surface area (Å²) in [6.45, 7) is 3.62. The lowest BCUT2D eigenvalue weighted by atomic mass is 10.0. The Hall–Kier alpha value is -3.53. The third kappa shape index (κ3) is 3.87. The maximum atomic E-state index is 13.3. The number of fused-ring (bicyclic) bond motifs is 2. The van der Waals surface area contributed by atoms with Crippen LogP contribution in [-0.2, 0) is 25.9 Å². The van der Waals surface area contributed by atoms with Crippen molar-refractivity contribution in [2.45, 2.75) is 51.7 Å². The number of carbonyl (C=O) groups excluding carboxylic acids is 2. The van der Waals surface area contributed by atoms with Crippen molar-refractivity contribution in [1.29, 1.82) is 0 Å². The second-order valence-corrected chi connectivity index (χ2v) is 9.86. The second-order valence-electron chi connectivity index (χ2n) is 8.92. The van der Waals surface area contributed by atoms with E-state index in [4.69, 9.17) is 5.10 Å². The SMILES string of the molecule is Cc1ncsc1CCn1nc(C(=O)NC2CC2)c2c1CCN(C(=O)c1cn3ccccc3n1)C2. The number of nitrogens with zero attached hydrogens (tertiary/aromatic N) is 6. The number of pyridine rings is 1. The van der Waals surface area contributed by atoms with E-state index in [1.54, 1.807) is 22.4 Å². The maximum absolute atomic E-state index is 13.3. The van der Waals surface area contributed by atoms with Crippen molar-refractivity contribution in [2.75, 3.05) is 6.54 Å². The minimum Gasteiger partial charge on any atom is -0.348 e. The lowest BCUT2D eigenvalue weighted by molar-refractivity contribution is 0.0725. The van der Waals surface area contributed by atoms with Crippen LogP contribution in [-0.4, -0.2) is 53.5 Å². The lowest BCUT2D eigenvalue weighted by Crippen LogP contribution is -2.37. The monoisotopic (exact) mass is 475 g/mol. The van der Waals surface area contributed by atoms with Crippen molar-refractivity contribution >= 4 is 28.8 Å². The number of hydrogen-bond donors (Lipinski definition) is 1. The predicted octanol–water partition coefficient (Wildman–Crippen LogP) is 2.63.